The smallest absolute Gasteiger partial charge is 0.376 e. The number of esters is 1. The number of carbonyl (C=O) groups excluding carboxylic acids is 1. The second-order valence-electron chi connectivity index (χ2n) is 5.42. The maximum Gasteiger partial charge on any atom is 0.376 e. The number of oxazole rings is 1. The second kappa shape index (κ2) is 5.55. The molecule has 2 aromatic rings. The van der Waals surface area contributed by atoms with E-state index in [4.69, 9.17) is 9.15 Å². The summed E-state index contributed by atoms with van der Waals surface area (Å²) in [5, 5.41) is 0. The molecule has 0 radical (unpaired) electrons. The standard InChI is InChI=1S/C15H16INO3/c1-15(2,3)12-11(14(18)19-4)20-13(17-12)9-7-5-6-8-10(9)16/h5-8H,1-4H3. The number of nitrogens with zero attached hydrogens (tertiary/aromatic N) is 1. The zero-order valence-electron chi connectivity index (χ0n) is 11.9. The number of ether oxygens (including phenoxy) is 1. The molecule has 0 aliphatic rings. The van der Waals surface area contributed by atoms with Crippen LogP contribution < -0.4 is 0 Å². The average molecular weight is 385 g/mol. The molecule has 2 rings (SSSR count). The Morgan fingerprint density at radius 3 is 2.50 bits per heavy atom. The van der Waals surface area contributed by atoms with Crippen LogP contribution in [0.3, 0.4) is 0 Å². The van der Waals surface area contributed by atoms with E-state index in [2.05, 4.69) is 27.6 Å². The molecular weight excluding hydrogens is 369 g/mol. The molecule has 0 bridgehead atoms. The molecule has 0 atom stereocenters. The van der Waals surface area contributed by atoms with E-state index >= 15 is 0 Å². The zero-order chi connectivity index (χ0) is 14.9. The Kier molecular flexibility index (Phi) is 4.17. The van der Waals surface area contributed by atoms with Crippen LogP contribution in [-0.4, -0.2) is 18.1 Å². The highest BCUT2D eigenvalue weighted by molar-refractivity contribution is 14.1. The molecule has 1 aromatic heterocycles. The summed E-state index contributed by atoms with van der Waals surface area (Å²) in [4.78, 5) is 16.4. The molecule has 106 valence electrons. The lowest BCUT2D eigenvalue weighted by atomic mass is 9.91. The van der Waals surface area contributed by atoms with Crippen LogP contribution in [0.1, 0.15) is 37.0 Å². The Morgan fingerprint density at radius 1 is 1.30 bits per heavy atom. The molecule has 20 heavy (non-hydrogen) atoms. The molecule has 1 aromatic carbocycles. The molecule has 0 N–H and O–H groups in total. The Morgan fingerprint density at radius 2 is 1.95 bits per heavy atom. The molecule has 0 saturated heterocycles. The van der Waals surface area contributed by atoms with Crippen LogP contribution >= 0.6 is 22.6 Å². The number of halogens is 1. The lowest BCUT2D eigenvalue weighted by Gasteiger charge is -2.15. The molecule has 5 heteroatoms. The molecule has 0 fully saturated rings. The quantitative estimate of drug-likeness (QED) is 0.579. The van der Waals surface area contributed by atoms with Crippen molar-refractivity contribution in [2.24, 2.45) is 0 Å². The number of hydrogen-bond acceptors (Lipinski definition) is 4. The van der Waals surface area contributed by atoms with E-state index in [1.807, 2.05) is 45.0 Å². The summed E-state index contributed by atoms with van der Waals surface area (Å²) in [6.45, 7) is 5.95. The lowest BCUT2D eigenvalue weighted by molar-refractivity contribution is 0.0562. The van der Waals surface area contributed by atoms with E-state index in [1.165, 1.54) is 7.11 Å². The Labute approximate surface area is 131 Å². The van der Waals surface area contributed by atoms with Crippen molar-refractivity contribution in [3.63, 3.8) is 0 Å². The number of aromatic nitrogens is 1. The monoisotopic (exact) mass is 385 g/mol. The predicted molar refractivity (Wildman–Crippen MR) is 84.7 cm³/mol. The Bertz CT molecular complexity index is 641. The van der Waals surface area contributed by atoms with Crippen molar-refractivity contribution in [3.8, 4) is 11.5 Å². The summed E-state index contributed by atoms with van der Waals surface area (Å²) in [6.07, 6.45) is 0. The summed E-state index contributed by atoms with van der Waals surface area (Å²) in [7, 11) is 1.34. The fraction of sp³-hybridized carbons (Fsp3) is 0.333. The summed E-state index contributed by atoms with van der Waals surface area (Å²) in [6, 6.07) is 7.74. The van der Waals surface area contributed by atoms with Crippen LogP contribution in [0.2, 0.25) is 0 Å². The first-order chi connectivity index (χ1) is 9.34. The minimum Gasteiger partial charge on any atom is -0.463 e. The van der Waals surface area contributed by atoms with Gasteiger partial charge in [-0.05, 0) is 34.7 Å². The van der Waals surface area contributed by atoms with Gasteiger partial charge < -0.3 is 9.15 Å². The van der Waals surface area contributed by atoms with E-state index in [1.54, 1.807) is 0 Å². The highest BCUT2D eigenvalue weighted by Crippen LogP contribution is 2.32. The van der Waals surface area contributed by atoms with Crippen molar-refractivity contribution >= 4 is 28.6 Å². The third kappa shape index (κ3) is 2.87. The van der Waals surface area contributed by atoms with E-state index in [0.29, 0.717) is 11.6 Å². The summed E-state index contributed by atoms with van der Waals surface area (Å²) in [5.41, 5.74) is 1.18. The second-order valence-corrected chi connectivity index (χ2v) is 6.58. The SMILES string of the molecule is COC(=O)c1oc(-c2ccccc2I)nc1C(C)(C)C. The third-order valence-corrected chi connectivity index (χ3v) is 3.75. The first kappa shape index (κ1) is 15.0. The van der Waals surface area contributed by atoms with Crippen molar-refractivity contribution in [1.29, 1.82) is 0 Å². The van der Waals surface area contributed by atoms with Gasteiger partial charge in [-0.25, -0.2) is 9.78 Å². The number of rotatable bonds is 2. The summed E-state index contributed by atoms with van der Waals surface area (Å²) < 4.78 is 11.5. The fourth-order valence-corrected chi connectivity index (χ4v) is 2.43. The highest BCUT2D eigenvalue weighted by Gasteiger charge is 2.30. The molecule has 4 nitrogen and oxygen atoms in total. The first-order valence-corrected chi connectivity index (χ1v) is 7.27. The highest BCUT2D eigenvalue weighted by atomic mass is 127. The molecule has 0 saturated carbocycles. The van der Waals surface area contributed by atoms with Crippen LogP contribution in [0, 0.1) is 3.57 Å². The maximum atomic E-state index is 11.9. The first-order valence-electron chi connectivity index (χ1n) is 6.19. The predicted octanol–water partition coefficient (Wildman–Crippen LogP) is 4.03. The van der Waals surface area contributed by atoms with Gasteiger partial charge >= 0.3 is 5.97 Å². The van der Waals surface area contributed by atoms with Gasteiger partial charge in [-0.2, -0.15) is 0 Å². The Balaban J connectivity index is 2.61. The Hall–Kier alpha value is -1.37. The maximum absolute atomic E-state index is 11.9. The lowest BCUT2D eigenvalue weighted by Crippen LogP contribution is -2.17. The molecular formula is C15H16INO3. The number of carbonyl (C=O) groups is 1. The molecule has 0 unspecified atom stereocenters. The average Bonchev–Trinajstić information content (AvgIpc) is 2.83. The third-order valence-electron chi connectivity index (χ3n) is 2.81. The van der Waals surface area contributed by atoms with Crippen molar-refractivity contribution in [2.75, 3.05) is 7.11 Å². The van der Waals surface area contributed by atoms with Crippen LogP contribution in [0.15, 0.2) is 28.7 Å². The summed E-state index contributed by atoms with van der Waals surface area (Å²) in [5.74, 6) is 0.120. The van der Waals surface area contributed by atoms with Gasteiger partial charge in [0, 0.05) is 8.99 Å². The van der Waals surface area contributed by atoms with Gasteiger partial charge in [0.15, 0.2) is 0 Å². The van der Waals surface area contributed by atoms with E-state index in [-0.39, 0.29) is 11.2 Å². The van der Waals surface area contributed by atoms with Gasteiger partial charge in [0.1, 0.15) is 5.69 Å². The van der Waals surface area contributed by atoms with E-state index in [9.17, 15) is 4.79 Å². The van der Waals surface area contributed by atoms with E-state index < -0.39 is 5.97 Å². The molecule has 0 spiro atoms. The van der Waals surface area contributed by atoms with Gasteiger partial charge in [-0.3, -0.25) is 0 Å². The van der Waals surface area contributed by atoms with Crippen molar-refractivity contribution in [2.45, 2.75) is 26.2 Å². The van der Waals surface area contributed by atoms with Crippen LogP contribution in [0.5, 0.6) is 0 Å². The zero-order valence-corrected chi connectivity index (χ0v) is 14.0. The molecule has 0 aliphatic heterocycles. The van der Waals surface area contributed by atoms with Gasteiger partial charge in [0.2, 0.25) is 11.7 Å². The fourth-order valence-electron chi connectivity index (χ4n) is 1.81. The van der Waals surface area contributed by atoms with Crippen molar-refractivity contribution < 1.29 is 13.9 Å². The van der Waals surface area contributed by atoms with E-state index in [0.717, 1.165) is 9.13 Å². The van der Waals surface area contributed by atoms with Crippen molar-refractivity contribution in [3.05, 3.63) is 39.3 Å². The van der Waals surface area contributed by atoms with Gasteiger partial charge in [-0.1, -0.05) is 32.9 Å². The normalized spacial score (nSPS) is 11.4. The van der Waals surface area contributed by atoms with Crippen LogP contribution in [-0.2, 0) is 10.2 Å². The minimum atomic E-state index is -0.500. The molecule has 1 heterocycles. The van der Waals surface area contributed by atoms with Crippen molar-refractivity contribution in [1.82, 2.24) is 4.98 Å². The number of methoxy groups -OCH3 is 1. The largest absolute Gasteiger partial charge is 0.463 e. The van der Waals surface area contributed by atoms with Gasteiger partial charge in [0.05, 0.1) is 12.7 Å². The number of benzene rings is 1. The minimum absolute atomic E-state index is 0.176. The summed E-state index contributed by atoms with van der Waals surface area (Å²) >= 11 is 2.22. The van der Waals surface area contributed by atoms with Gasteiger partial charge in [-0.15, -0.1) is 0 Å². The van der Waals surface area contributed by atoms with Crippen LogP contribution in [0.25, 0.3) is 11.5 Å². The van der Waals surface area contributed by atoms with Crippen LogP contribution in [0.4, 0.5) is 0 Å². The number of hydrogen-bond donors (Lipinski definition) is 0. The topological polar surface area (TPSA) is 52.3 Å². The van der Waals surface area contributed by atoms with Gasteiger partial charge in [0.25, 0.3) is 0 Å². The molecule has 0 aliphatic carbocycles. The molecule has 0 amide bonds.